The number of nitrogens with one attached hydrogen (secondary N) is 3. The lowest BCUT2D eigenvalue weighted by Gasteiger charge is -2.16. The van der Waals surface area contributed by atoms with Crippen molar-refractivity contribution >= 4 is 33.0 Å². The van der Waals surface area contributed by atoms with E-state index in [1.165, 1.54) is 29.8 Å². The van der Waals surface area contributed by atoms with E-state index in [0.29, 0.717) is 16.9 Å². The van der Waals surface area contributed by atoms with Gasteiger partial charge in [0.15, 0.2) is 0 Å². The van der Waals surface area contributed by atoms with Gasteiger partial charge in [-0.25, -0.2) is 8.42 Å². The highest BCUT2D eigenvalue weighted by Gasteiger charge is 2.16. The van der Waals surface area contributed by atoms with Gasteiger partial charge >= 0.3 is 0 Å². The lowest BCUT2D eigenvalue weighted by Crippen LogP contribution is -2.15. The average molecular weight is 486 g/mol. The molecule has 0 radical (unpaired) electrons. The highest BCUT2D eigenvalue weighted by molar-refractivity contribution is 7.92. The standard InChI is InChI=1S/C28H27N3O3S/c1-20-8-6-7-11-27(20)31-35(33,34)26-18-12-23(13-19-26)28(32)30-25-16-14-24(15-17-25)29-21(2)22-9-4-3-5-10-22/h3-19,21,29,31H,1-2H3,(H,30,32). The van der Waals surface area contributed by atoms with Crippen LogP contribution in [0.5, 0.6) is 0 Å². The van der Waals surface area contributed by atoms with E-state index >= 15 is 0 Å². The summed E-state index contributed by atoms with van der Waals surface area (Å²) in [7, 11) is -3.76. The van der Waals surface area contributed by atoms with Crippen molar-refractivity contribution in [2.75, 3.05) is 15.4 Å². The van der Waals surface area contributed by atoms with Crippen LogP contribution < -0.4 is 15.4 Å². The molecule has 1 unspecified atom stereocenters. The lowest BCUT2D eigenvalue weighted by molar-refractivity contribution is 0.102. The van der Waals surface area contributed by atoms with Crippen LogP contribution >= 0.6 is 0 Å². The van der Waals surface area contributed by atoms with E-state index in [1.807, 2.05) is 61.5 Å². The monoisotopic (exact) mass is 485 g/mol. The third-order valence-electron chi connectivity index (χ3n) is 5.64. The zero-order valence-electron chi connectivity index (χ0n) is 19.5. The Morgan fingerprint density at radius 1 is 0.743 bits per heavy atom. The molecule has 0 saturated heterocycles. The first-order valence-electron chi connectivity index (χ1n) is 11.2. The molecule has 4 rings (SSSR count). The number of rotatable bonds is 8. The molecular formula is C28H27N3O3S. The zero-order chi connectivity index (χ0) is 24.8. The van der Waals surface area contributed by atoms with Gasteiger partial charge in [0.25, 0.3) is 15.9 Å². The normalized spacial score (nSPS) is 11.9. The summed E-state index contributed by atoms with van der Waals surface area (Å²) >= 11 is 0. The van der Waals surface area contributed by atoms with Gasteiger partial charge in [0.1, 0.15) is 0 Å². The molecule has 4 aromatic carbocycles. The van der Waals surface area contributed by atoms with Crippen LogP contribution in [0.25, 0.3) is 0 Å². The highest BCUT2D eigenvalue weighted by atomic mass is 32.2. The Balaban J connectivity index is 1.38. The number of hydrogen-bond acceptors (Lipinski definition) is 4. The van der Waals surface area contributed by atoms with Crippen molar-refractivity contribution in [1.82, 2.24) is 0 Å². The molecule has 178 valence electrons. The van der Waals surface area contributed by atoms with E-state index in [-0.39, 0.29) is 16.8 Å². The molecule has 0 bridgehead atoms. The second-order valence-electron chi connectivity index (χ2n) is 8.25. The van der Waals surface area contributed by atoms with Crippen LogP contribution in [0.2, 0.25) is 0 Å². The Kier molecular flexibility index (Phi) is 7.17. The molecule has 1 atom stereocenters. The second-order valence-corrected chi connectivity index (χ2v) is 9.94. The largest absolute Gasteiger partial charge is 0.379 e. The first-order chi connectivity index (χ1) is 16.8. The minimum atomic E-state index is -3.76. The number of aryl methyl sites for hydroxylation is 1. The fourth-order valence-electron chi connectivity index (χ4n) is 3.60. The molecule has 7 heteroatoms. The Hall–Kier alpha value is -4.10. The fraction of sp³-hybridized carbons (Fsp3) is 0.107. The first-order valence-corrected chi connectivity index (χ1v) is 12.7. The van der Waals surface area contributed by atoms with Crippen LogP contribution in [0.3, 0.4) is 0 Å². The van der Waals surface area contributed by atoms with Gasteiger partial charge in [0, 0.05) is 23.0 Å². The van der Waals surface area contributed by atoms with Crippen molar-refractivity contribution in [2.24, 2.45) is 0 Å². The summed E-state index contributed by atoms with van der Waals surface area (Å²) in [6.07, 6.45) is 0. The summed E-state index contributed by atoms with van der Waals surface area (Å²) in [6, 6.07) is 30.7. The van der Waals surface area contributed by atoms with Gasteiger partial charge < -0.3 is 10.6 Å². The average Bonchev–Trinajstić information content (AvgIpc) is 2.87. The predicted octanol–water partition coefficient (Wildman–Crippen LogP) is 6.22. The molecule has 6 nitrogen and oxygen atoms in total. The van der Waals surface area contributed by atoms with Crippen LogP contribution in [-0.2, 0) is 10.0 Å². The first kappa shape index (κ1) is 24.0. The Bertz CT molecular complexity index is 1400. The smallest absolute Gasteiger partial charge is 0.261 e. The maximum absolute atomic E-state index is 12.7. The van der Waals surface area contributed by atoms with Crippen molar-refractivity contribution in [2.45, 2.75) is 24.8 Å². The van der Waals surface area contributed by atoms with Crippen LogP contribution in [0.4, 0.5) is 17.1 Å². The summed E-state index contributed by atoms with van der Waals surface area (Å²) in [5.41, 5.74) is 4.47. The zero-order valence-corrected chi connectivity index (χ0v) is 20.3. The molecule has 0 aliphatic carbocycles. The van der Waals surface area contributed by atoms with Gasteiger partial charge in [-0.15, -0.1) is 0 Å². The number of carbonyl (C=O) groups excluding carboxylic acids is 1. The van der Waals surface area contributed by atoms with E-state index in [1.54, 1.807) is 12.1 Å². The van der Waals surface area contributed by atoms with Gasteiger partial charge in [-0.3, -0.25) is 9.52 Å². The summed E-state index contributed by atoms with van der Waals surface area (Å²) in [5, 5.41) is 6.28. The van der Waals surface area contributed by atoms with Crippen LogP contribution in [0, 0.1) is 6.92 Å². The fourth-order valence-corrected chi connectivity index (χ4v) is 4.74. The topological polar surface area (TPSA) is 87.3 Å². The predicted molar refractivity (Wildman–Crippen MR) is 141 cm³/mol. The third kappa shape index (κ3) is 6.07. The van der Waals surface area contributed by atoms with Crippen LogP contribution in [-0.4, -0.2) is 14.3 Å². The number of amides is 1. The van der Waals surface area contributed by atoms with E-state index < -0.39 is 10.0 Å². The van der Waals surface area contributed by atoms with Crippen molar-refractivity contribution < 1.29 is 13.2 Å². The van der Waals surface area contributed by atoms with Gasteiger partial charge in [0.05, 0.1) is 10.6 Å². The number of anilines is 3. The SMILES string of the molecule is Cc1ccccc1NS(=O)(=O)c1ccc(C(=O)Nc2ccc(NC(C)c3ccccc3)cc2)cc1. The lowest BCUT2D eigenvalue weighted by atomic mass is 10.1. The molecule has 3 N–H and O–H groups in total. The molecule has 4 aromatic rings. The van der Waals surface area contributed by atoms with Crippen molar-refractivity contribution in [3.63, 3.8) is 0 Å². The Morgan fingerprint density at radius 3 is 2.00 bits per heavy atom. The van der Waals surface area contributed by atoms with Crippen molar-refractivity contribution in [1.29, 1.82) is 0 Å². The maximum atomic E-state index is 12.7. The Morgan fingerprint density at radius 2 is 1.34 bits per heavy atom. The van der Waals surface area contributed by atoms with Crippen LogP contribution in [0.1, 0.15) is 34.5 Å². The molecule has 35 heavy (non-hydrogen) atoms. The second kappa shape index (κ2) is 10.4. The number of benzene rings is 4. The third-order valence-corrected chi connectivity index (χ3v) is 7.02. The molecule has 0 aliphatic heterocycles. The van der Waals surface area contributed by atoms with Crippen molar-refractivity contribution in [3.8, 4) is 0 Å². The summed E-state index contributed by atoms with van der Waals surface area (Å²) < 4.78 is 28.0. The number of sulfonamides is 1. The minimum Gasteiger partial charge on any atom is -0.379 e. The molecule has 1 amide bonds. The highest BCUT2D eigenvalue weighted by Crippen LogP contribution is 2.22. The van der Waals surface area contributed by atoms with Gasteiger partial charge in [-0.2, -0.15) is 0 Å². The molecule has 0 fully saturated rings. The summed E-state index contributed by atoms with van der Waals surface area (Å²) in [4.78, 5) is 12.8. The summed E-state index contributed by atoms with van der Waals surface area (Å²) in [5.74, 6) is -0.320. The molecule has 0 aliphatic rings. The quantitative estimate of drug-likeness (QED) is 0.276. The Labute approximate surface area is 206 Å². The summed E-state index contributed by atoms with van der Waals surface area (Å²) in [6.45, 7) is 3.92. The molecule has 0 saturated carbocycles. The van der Waals surface area contributed by atoms with Crippen molar-refractivity contribution in [3.05, 3.63) is 120 Å². The minimum absolute atomic E-state index is 0.0836. The van der Waals surface area contributed by atoms with E-state index in [4.69, 9.17) is 0 Å². The van der Waals surface area contributed by atoms with E-state index in [2.05, 4.69) is 34.4 Å². The number of para-hydroxylation sites is 1. The molecule has 0 heterocycles. The molecule has 0 spiro atoms. The van der Waals surface area contributed by atoms with E-state index in [0.717, 1.165) is 11.3 Å². The van der Waals surface area contributed by atoms with E-state index in [9.17, 15) is 13.2 Å². The van der Waals surface area contributed by atoms with Gasteiger partial charge in [-0.05, 0) is 79.6 Å². The number of carbonyl (C=O) groups is 1. The maximum Gasteiger partial charge on any atom is 0.261 e. The van der Waals surface area contributed by atoms with Gasteiger partial charge in [0.2, 0.25) is 0 Å². The number of hydrogen-bond donors (Lipinski definition) is 3. The van der Waals surface area contributed by atoms with Gasteiger partial charge in [-0.1, -0.05) is 48.5 Å². The molecular weight excluding hydrogens is 458 g/mol. The van der Waals surface area contributed by atoms with Crippen LogP contribution in [0.15, 0.2) is 108 Å². The molecule has 0 aromatic heterocycles.